The van der Waals surface area contributed by atoms with Crippen molar-refractivity contribution in [2.24, 2.45) is 5.73 Å². The van der Waals surface area contributed by atoms with Crippen LogP contribution in [0.3, 0.4) is 0 Å². The molecule has 0 heterocycles. The third kappa shape index (κ3) is 7.93. The lowest BCUT2D eigenvalue weighted by molar-refractivity contribution is -0.137. The standard InChI is InChI=1S/C10H20N2O3/c1-9(13)12(8-4-6-11)7-3-2-5-10(14)15/h2-8,11H2,1H3,(H,14,15). The maximum atomic E-state index is 11.1. The van der Waals surface area contributed by atoms with Crippen LogP contribution in [0.5, 0.6) is 0 Å². The molecule has 0 aliphatic carbocycles. The van der Waals surface area contributed by atoms with Gasteiger partial charge in [-0.05, 0) is 25.8 Å². The lowest BCUT2D eigenvalue weighted by Crippen LogP contribution is -2.31. The highest BCUT2D eigenvalue weighted by Crippen LogP contribution is 2.00. The number of hydrogen-bond acceptors (Lipinski definition) is 3. The summed E-state index contributed by atoms with van der Waals surface area (Å²) in [6.07, 6.45) is 2.30. The van der Waals surface area contributed by atoms with Crippen LogP contribution in [0.1, 0.15) is 32.6 Å². The summed E-state index contributed by atoms with van der Waals surface area (Å²) in [6.45, 7) is 3.38. The fourth-order valence-electron chi connectivity index (χ4n) is 1.29. The zero-order valence-corrected chi connectivity index (χ0v) is 9.24. The summed E-state index contributed by atoms with van der Waals surface area (Å²) < 4.78 is 0. The summed E-state index contributed by atoms with van der Waals surface area (Å²) in [7, 11) is 0. The second-order valence-electron chi connectivity index (χ2n) is 3.50. The Morgan fingerprint density at radius 2 is 1.80 bits per heavy atom. The van der Waals surface area contributed by atoms with Gasteiger partial charge in [0.2, 0.25) is 5.91 Å². The Labute approximate surface area is 90.2 Å². The molecule has 0 aromatic carbocycles. The smallest absolute Gasteiger partial charge is 0.303 e. The molecule has 0 rings (SSSR count). The Bertz CT molecular complexity index is 207. The number of hydrogen-bond donors (Lipinski definition) is 2. The van der Waals surface area contributed by atoms with E-state index in [-0.39, 0.29) is 12.3 Å². The maximum Gasteiger partial charge on any atom is 0.303 e. The molecule has 0 atom stereocenters. The van der Waals surface area contributed by atoms with E-state index < -0.39 is 5.97 Å². The molecule has 3 N–H and O–H groups in total. The van der Waals surface area contributed by atoms with E-state index >= 15 is 0 Å². The molecule has 0 aliphatic heterocycles. The number of rotatable bonds is 8. The van der Waals surface area contributed by atoms with Crippen molar-refractivity contribution in [1.29, 1.82) is 0 Å². The van der Waals surface area contributed by atoms with Crippen LogP contribution in [0.15, 0.2) is 0 Å². The van der Waals surface area contributed by atoms with Crippen molar-refractivity contribution in [2.45, 2.75) is 32.6 Å². The molecule has 15 heavy (non-hydrogen) atoms. The summed E-state index contributed by atoms with van der Waals surface area (Å²) in [6, 6.07) is 0. The van der Waals surface area contributed by atoms with E-state index in [1.807, 2.05) is 0 Å². The highest BCUT2D eigenvalue weighted by molar-refractivity contribution is 5.73. The molecule has 1 amide bonds. The second-order valence-corrected chi connectivity index (χ2v) is 3.50. The Morgan fingerprint density at radius 3 is 2.27 bits per heavy atom. The maximum absolute atomic E-state index is 11.1. The van der Waals surface area contributed by atoms with Crippen LogP contribution in [0.2, 0.25) is 0 Å². The number of nitrogens with two attached hydrogens (primary N) is 1. The van der Waals surface area contributed by atoms with Gasteiger partial charge in [0.1, 0.15) is 0 Å². The highest BCUT2D eigenvalue weighted by Gasteiger charge is 2.07. The van der Waals surface area contributed by atoms with Crippen molar-refractivity contribution in [3.8, 4) is 0 Å². The van der Waals surface area contributed by atoms with Crippen LogP contribution in [0.4, 0.5) is 0 Å². The monoisotopic (exact) mass is 216 g/mol. The Balaban J connectivity index is 3.66. The van der Waals surface area contributed by atoms with E-state index in [2.05, 4.69) is 0 Å². The van der Waals surface area contributed by atoms with Gasteiger partial charge in [0.15, 0.2) is 0 Å². The number of amides is 1. The van der Waals surface area contributed by atoms with E-state index in [0.717, 1.165) is 12.8 Å². The van der Waals surface area contributed by atoms with Crippen molar-refractivity contribution < 1.29 is 14.7 Å². The molecule has 0 bridgehead atoms. The van der Waals surface area contributed by atoms with Crippen LogP contribution < -0.4 is 5.73 Å². The number of aliphatic carboxylic acids is 1. The number of carbonyl (C=O) groups excluding carboxylic acids is 1. The molecule has 0 saturated carbocycles. The van der Waals surface area contributed by atoms with E-state index in [9.17, 15) is 9.59 Å². The summed E-state index contributed by atoms with van der Waals surface area (Å²) in [5, 5.41) is 8.43. The van der Waals surface area contributed by atoms with Crippen molar-refractivity contribution in [3.63, 3.8) is 0 Å². The molecular formula is C10H20N2O3. The molecule has 0 aliphatic rings. The van der Waals surface area contributed by atoms with Crippen LogP contribution in [0.25, 0.3) is 0 Å². The lowest BCUT2D eigenvalue weighted by Gasteiger charge is -2.20. The minimum absolute atomic E-state index is 0.0266. The van der Waals surface area contributed by atoms with E-state index in [1.165, 1.54) is 6.92 Å². The van der Waals surface area contributed by atoms with Crippen LogP contribution in [-0.4, -0.2) is 41.5 Å². The van der Waals surface area contributed by atoms with Crippen LogP contribution in [0, 0.1) is 0 Å². The van der Waals surface area contributed by atoms with Gasteiger partial charge < -0.3 is 15.7 Å². The van der Waals surface area contributed by atoms with Crippen LogP contribution in [-0.2, 0) is 9.59 Å². The van der Waals surface area contributed by atoms with Crippen LogP contribution >= 0.6 is 0 Å². The van der Waals surface area contributed by atoms with Crippen molar-refractivity contribution in [2.75, 3.05) is 19.6 Å². The number of carbonyl (C=O) groups is 2. The molecule has 0 saturated heterocycles. The molecule has 0 unspecified atom stereocenters. The predicted molar refractivity (Wildman–Crippen MR) is 57.4 cm³/mol. The second kappa shape index (κ2) is 8.23. The molecule has 0 aromatic heterocycles. The summed E-state index contributed by atoms with van der Waals surface area (Å²) >= 11 is 0. The summed E-state index contributed by atoms with van der Waals surface area (Å²) in [4.78, 5) is 23.1. The molecule has 0 radical (unpaired) electrons. The molecule has 0 aromatic rings. The number of nitrogens with zero attached hydrogens (tertiary/aromatic N) is 1. The first-order chi connectivity index (χ1) is 7.07. The topological polar surface area (TPSA) is 83.6 Å². The van der Waals surface area contributed by atoms with Gasteiger partial charge in [-0.3, -0.25) is 9.59 Å². The predicted octanol–water partition coefficient (Wildman–Crippen LogP) is 0.439. The first-order valence-electron chi connectivity index (χ1n) is 5.25. The quantitative estimate of drug-likeness (QED) is 0.577. The minimum Gasteiger partial charge on any atom is -0.481 e. The largest absolute Gasteiger partial charge is 0.481 e. The minimum atomic E-state index is -0.786. The fourth-order valence-corrected chi connectivity index (χ4v) is 1.29. The zero-order valence-electron chi connectivity index (χ0n) is 9.24. The van der Waals surface area contributed by atoms with Gasteiger partial charge in [0, 0.05) is 26.4 Å². The van der Waals surface area contributed by atoms with Gasteiger partial charge in [-0.25, -0.2) is 0 Å². The average Bonchev–Trinajstić information content (AvgIpc) is 2.15. The van der Waals surface area contributed by atoms with E-state index in [4.69, 9.17) is 10.8 Å². The van der Waals surface area contributed by atoms with E-state index in [0.29, 0.717) is 26.1 Å². The first-order valence-corrected chi connectivity index (χ1v) is 5.25. The van der Waals surface area contributed by atoms with E-state index in [1.54, 1.807) is 4.90 Å². The Hall–Kier alpha value is -1.10. The van der Waals surface area contributed by atoms with Gasteiger partial charge in [0.05, 0.1) is 0 Å². The van der Waals surface area contributed by atoms with Crippen molar-refractivity contribution in [3.05, 3.63) is 0 Å². The Morgan fingerprint density at radius 1 is 1.20 bits per heavy atom. The summed E-state index contributed by atoms with van der Waals surface area (Å²) in [5.41, 5.74) is 5.36. The van der Waals surface area contributed by atoms with Crippen molar-refractivity contribution >= 4 is 11.9 Å². The highest BCUT2D eigenvalue weighted by atomic mass is 16.4. The average molecular weight is 216 g/mol. The molecule has 0 fully saturated rings. The molecular weight excluding hydrogens is 196 g/mol. The van der Waals surface area contributed by atoms with Gasteiger partial charge >= 0.3 is 5.97 Å². The normalized spacial score (nSPS) is 10.0. The number of carboxylic acids is 1. The van der Waals surface area contributed by atoms with Gasteiger partial charge in [0.25, 0.3) is 0 Å². The van der Waals surface area contributed by atoms with Gasteiger partial charge in [-0.2, -0.15) is 0 Å². The van der Waals surface area contributed by atoms with Gasteiger partial charge in [-0.1, -0.05) is 0 Å². The van der Waals surface area contributed by atoms with Crippen molar-refractivity contribution in [1.82, 2.24) is 4.90 Å². The third-order valence-electron chi connectivity index (χ3n) is 2.15. The van der Waals surface area contributed by atoms with Gasteiger partial charge in [-0.15, -0.1) is 0 Å². The Kier molecular flexibility index (Phi) is 7.62. The lowest BCUT2D eigenvalue weighted by atomic mass is 10.2. The molecule has 88 valence electrons. The number of carboxylic acid groups (broad SMARTS) is 1. The number of unbranched alkanes of at least 4 members (excludes halogenated alkanes) is 1. The summed E-state index contributed by atoms with van der Waals surface area (Å²) in [5.74, 6) is -0.759. The zero-order chi connectivity index (χ0) is 11.7. The SMILES string of the molecule is CC(=O)N(CCCN)CCCCC(=O)O. The molecule has 5 nitrogen and oxygen atoms in total. The molecule has 5 heteroatoms. The molecule has 0 spiro atoms. The fraction of sp³-hybridized carbons (Fsp3) is 0.800. The first kappa shape index (κ1) is 13.9. The third-order valence-corrected chi connectivity index (χ3v) is 2.15.